The van der Waals surface area contributed by atoms with E-state index in [1.54, 1.807) is 0 Å². The molecule has 0 aromatic heterocycles. The first-order chi connectivity index (χ1) is 15.0. The van der Waals surface area contributed by atoms with E-state index in [9.17, 15) is 16.8 Å². The van der Waals surface area contributed by atoms with Gasteiger partial charge in [-0.05, 0) is 25.7 Å². The minimum absolute atomic E-state index is 0.117. The van der Waals surface area contributed by atoms with Gasteiger partial charge >= 0.3 is 0 Å². The fourth-order valence-corrected chi connectivity index (χ4v) is 5.61. The number of rotatable bonds is 22. The molecule has 0 amide bonds. The fraction of sp³-hybridized carbons (Fsp3) is 0.920. The Balaban J connectivity index is 4.11. The Labute approximate surface area is 195 Å². The minimum atomic E-state index is -2.44. The van der Waals surface area contributed by atoms with E-state index in [-0.39, 0.29) is 9.73 Å². The van der Waals surface area contributed by atoms with Crippen molar-refractivity contribution in [3.63, 3.8) is 0 Å². The van der Waals surface area contributed by atoms with Crippen LogP contribution < -0.4 is 0 Å². The predicted molar refractivity (Wildman–Crippen MR) is 136 cm³/mol. The van der Waals surface area contributed by atoms with Crippen molar-refractivity contribution in [3.05, 3.63) is 0 Å². The molecule has 0 radical (unpaired) electrons. The lowest BCUT2D eigenvalue weighted by Gasteiger charge is -2.06. The predicted octanol–water partition coefficient (Wildman–Crippen LogP) is 7.32. The largest absolute Gasteiger partial charge is 0.218 e. The highest BCUT2D eigenvalue weighted by atomic mass is 32.2. The van der Waals surface area contributed by atoms with Gasteiger partial charge in [-0.1, -0.05) is 123 Å². The van der Waals surface area contributed by atoms with E-state index in [2.05, 4.69) is 13.8 Å². The molecule has 4 nitrogen and oxygen atoms in total. The quantitative estimate of drug-likeness (QED) is 0.121. The van der Waals surface area contributed by atoms with E-state index >= 15 is 0 Å². The molecule has 184 valence electrons. The number of unbranched alkanes of at least 4 members (excludes halogenated alkanes) is 17. The van der Waals surface area contributed by atoms with Gasteiger partial charge in [0, 0.05) is 0 Å². The van der Waals surface area contributed by atoms with Crippen molar-refractivity contribution < 1.29 is 16.8 Å². The van der Waals surface area contributed by atoms with Crippen molar-refractivity contribution in [1.29, 1.82) is 0 Å². The van der Waals surface area contributed by atoms with Crippen LogP contribution in [0, 0.1) is 0 Å². The van der Waals surface area contributed by atoms with E-state index < -0.39 is 20.6 Å². The number of hydrogen-bond donors (Lipinski definition) is 0. The molecule has 0 heterocycles. The third-order valence-electron chi connectivity index (χ3n) is 5.98. The van der Waals surface area contributed by atoms with Crippen LogP contribution in [0.25, 0.3) is 0 Å². The fourth-order valence-electron chi connectivity index (χ4n) is 4.00. The van der Waals surface area contributed by atoms with Crippen LogP contribution in [0.4, 0.5) is 0 Å². The lowest BCUT2D eigenvalue weighted by molar-refractivity contribution is 0.552. The molecule has 0 saturated carbocycles. The lowest BCUT2D eigenvalue weighted by atomic mass is 10.0. The maximum Gasteiger partial charge on any atom is 0.218 e. The summed E-state index contributed by atoms with van der Waals surface area (Å²) in [6, 6.07) is 0. The first kappa shape index (κ1) is 30.4. The molecular formula is C25H48O4S2. The second kappa shape index (κ2) is 22.6. The van der Waals surface area contributed by atoms with Crippen LogP contribution in [-0.4, -0.2) is 26.6 Å². The molecule has 0 atom stereocenters. The van der Waals surface area contributed by atoms with Gasteiger partial charge in [-0.2, -0.15) is 16.8 Å². The highest BCUT2D eigenvalue weighted by Gasteiger charge is 2.13. The van der Waals surface area contributed by atoms with E-state index in [1.807, 2.05) is 0 Å². The summed E-state index contributed by atoms with van der Waals surface area (Å²) in [4.78, 5) is 0.235. The molecule has 0 aliphatic heterocycles. The van der Waals surface area contributed by atoms with Crippen LogP contribution in [0.2, 0.25) is 0 Å². The molecule has 0 N–H and O–H groups in total. The van der Waals surface area contributed by atoms with Gasteiger partial charge in [-0.3, -0.25) is 0 Å². The van der Waals surface area contributed by atoms with Crippen LogP contribution >= 0.6 is 0 Å². The molecule has 0 bridgehead atoms. The van der Waals surface area contributed by atoms with Crippen LogP contribution in [-0.2, 0) is 20.6 Å². The van der Waals surface area contributed by atoms with Gasteiger partial charge in [0.2, 0.25) is 20.6 Å². The van der Waals surface area contributed by atoms with Crippen molar-refractivity contribution >= 4 is 30.3 Å². The summed E-state index contributed by atoms with van der Waals surface area (Å²) in [5.74, 6) is 0. The van der Waals surface area contributed by atoms with E-state index in [1.165, 1.54) is 83.5 Å². The van der Waals surface area contributed by atoms with Crippen molar-refractivity contribution in [3.8, 4) is 0 Å². The topological polar surface area (TPSA) is 68.3 Å². The highest BCUT2D eigenvalue weighted by Crippen LogP contribution is 2.14. The summed E-state index contributed by atoms with van der Waals surface area (Å²) in [7, 11) is -4.89. The normalized spacial score (nSPS) is 10.9. The smallest absolute Gasteiger partial charge is 0.184 e. The third-order valence-corrected chi connectivity index (χ3v) is 7.81. The first-order valence-electron chi connectivity index (χ1n) is 12.9. The second-order valence-corrected chi connectivity index (χ2v) is 10.8. The van der Waals surface area contributed by atoms with Gasteiger partial charge in [-0.15, -0.1) is 0 Å². The van der Waals surface area contributed by atoms with Crippen molar-refractivity contribution in [2.45, 2.75) is 149 Å². The summed E-state index contributed by atoms with van der Waals surface area (Å²) in [5, 5.41) is 0. The van der Waals surface area contributed by atoms with E-state index in [0.717, 1.165) is 38.5 Å². The van der Waals surface area contributed by atoms with Gasteiger partial charge in [0.05, 0.1) is 9.73 Å². The average Bonchev–Trinajstić information content (AvgIpc) is 2.74. The summed E-state index contributed by atoms with van der Waals surface area (Å²) >= 11 is 0. The Bertz CT molecular complexity index is 675. The summed E-state index contributed by atoms with van der Waals surface area (Å²) in [5.41, 5.74) is 0. The number of hydrogen-bond acceptors (Lipinski definition) is 4. The summed E-state index contributed by atoms with van der Waals surface area (Å²) in [6.07, 6.45) is 22.9. The van der Waals surface area contributed by atoms with Crippen LogP contribution in [0.1, 0.15) is 149 Å². The van der Waals surface area contributed by atoms with Gasteiger partial charge in [0.1, 0.15) is 0 Å². The second-order valence-electron chi connectivity index (χ2n) is 8.83. The minimum Gasteiger partial charge on any atom is -0.184 e. The zero-order valence-electron chi connectivity index (χ0n) is 20.3. The monoisotopic (exact) mass is 476 g/mol. The Morgan fingerprint density at radius 3 is 0.839 bits per heavy atom. The van der Waals surface area contributed by atoms with Crippen LogP contribution in [0.5, 0.6) is 0 Å². The standard InChI is InChI=1S/C25H48O4S2/c1-3-5-7-9-11-13-14-15-17-19-21-23-25(31(28)29)24(30(26)27)22-20-18-16-12-10-8-6-4-2/h3-23H2,1-2H3. The summed E-state index contributed by atoms with van der Waals surface area (Å²) in [6.45, 7) is 4.43. The van der Waals surface area contributed by atoms with Crippen molar-refractivity contribution in [2.24, 2.45) is 0 Å². The Morgan fingerprint density at radius 2 is 0.613 bits per heavy atom. The first-order valence-corrected chi connectivity index (χ1v) is 15.1. The van der Waals surface area contributed by atoms with Crippen LogP contribution in [0.15, 0.2) is 0 Å². The maximum absolute atomic E-state index is 11.7. The average molecular weight is 477 g/mol. The van der Waals surface area contributed by atoms with Gasteiger partial charge in [0.25, 0.3) is 0 Å². The maximum atomic E-state index is 11.7. The molecule has 0 aliphatic rings. The van der Waals surface area contributed by atoms with Crippen molar-refractivity contribution in [2.75, 3.05) is 0 Å². The molecule has 0 aliphatic carbocycles. The summed E-state index contributed by atoms with van der Waals surface area (Å²) < 4.78 is 46.6. The molecule has 0 aromatic rings. The van der Waals surface area contributed by atoms with E-state index in [4.69, 9.17) is 0 Å². The van der Waals surface area contributed by atoms with Crippen LogP contribution in [0.3, 0.4) is 0 Å². The molecule has 0 rings (SSSR count). The molecule has 0 unspecified atom stereocenters. The van der Waals surface area contributed by atoms with Crippen molar-refractivity contribution in [1.82, 2.24) is 0 Å². The zero-order chi connectivity index (χ0) is 23.2. The molecule has 0 fully saturated rings. The molecule has 0 aromatic carbocycles. The SMILES string of the molecule is CCCCCCCCCCCCCC(C(CCCCCCCCCC)=S(=O)=O)=S(=O)=O. The van der Waals surface area contributed by atoms with Gasteiger partial charge < -0.3 is 0 Å². The Morgan fingerprint density at radius 1 is 0.387 bits per heavy atom. The molecule has 0 saturated heterocycles. The van der Waals surface area contributed by atoms with Gasteiger partial charge in [0.15, 0.2) is 0 Å². The molecule has 6 heteroatoms. The third kappa shape index (κ3) is 18.6. The highest BCUT2D eigenvalue weighted by molar-refractivity contribution is 7.82. The van der Waals surface area contributed by atoms with E-state index in [0.29, 0.717) is 12.8 Å². The van der Waals surface area contributed by atoms with Gasteiger partial charge in [-0.25, -0.2) is 0 Å². The zero-order valence-corrected chi connectivity index (χ0v) is 21.9. The Hall–Kier alpha value is -0.620. The lowest BCUT2D eigenvalue weighted by Crippen LogP contribution is -2.16. The Kier molecular flexibility index (Phi) is 22.1. The molecule has 0 spiro atoms. The molecular weight excluding hydrogens is 428 g/mol. The molecule has 31 heavy (non-hydrogen) atoms.